The Hall–Kier alpha value is -1.44. The molecule has 1 rings (SSSR count). The number of allylic oxidation sites excluding steroid dienone is 1. The quantitative estimate of drug-likeness (QED) is 0.588. The van der Waals surface area contributed by atoms with Crippen molar-refractivity contribution >= 4 is 12.1 Å². The predicted octanol–water partition coefficient (Wildman–Crippen LogP) is 2.11. The standard InChI is InChI=1S/C9H6FO/c10-9(6-7-11)8-4-2-1-3-5-8/h1-6H. The highest BCUT2D eigenvalue weighted by atomic mass is 19.1. The molecule has 1 aromatic rings. The summed E-state index contributed by atoms with van der Waals surface area (Å²) in [5.74, 6) is -0.555. The molecule has 0 unspecified atom stereocenters. The van der Waals surface area contributed by atoms with Gasteiger partial charge >= 0.3 is 0 Å². The number of carbonyl (C=O) groups excluding carboxylic acids is 1. The van der Waals surface area contributed by atoms with Gasteiger partial charge < -0.3 is 0 Å². The van der Waals surface area contributed by atoms with Crippen molar-refractivity contribution in [2.75, 3.05) is 0 Å². The Kier molecular flexibility index (Phi) is 2.55. The minimum Gasteiger partial charge on any atom is -0.285 e. The van der Waals surface area contributed by atoms with Crippen molar-refractivity contribution in [1.29, 1.82) is 0 Å². The minimum absolute atomic E-state index is 0.399. The summed E-state index contributed by atoms with van der Waals surface area (Å²) < 4.78 is 12.7. The van der Waals surface area contributed by atoms with E-state index >= 15 is 0 Å². The molecule has 0 amide bonds. The summed E-state index contributed by atoms with van der Waals surface area (Å²) in [6, 6.07) is 8.36. The van der Waals surface area contributed by atoms with E-state index < -0.39 is 5.83 Å². The van der Waals surface area contributed by atoms with Gasteiger partial charge in [0.1, 0.15) is 5.83 Å². The first kappa shape index (κ1) is 7.66. The monoisotopic (exact) mass is 149 g/mol. The number of halogens is 1. The highest BCUT2D eigenvalue weighted by Gasteiger charge is 1.95. The van der Waals surface area contributed by atoms with Crippen molar-refractivity contribution in [3.05, 3.63) is 42.0 Å². The van der Waals surface area contributed by atoms with Crippen LogP contribution >= 0.6 is 0 Å². The second kappa shape index (κ2) is 3.66. The number of hydrogen-bond acceptors (Lipinski definition) is 1. The van der Waals surface area contributed by atoms with E-state index in [4.69, 9.17) is 0 Å². The fourth-order valence-electron chi connectivity index (χ4n) is 0.732. The molecular formula is C9H6FO. The van der Waals surface area contributed by atoms with Crippen LogP contribution in [0.15, 0.2) is 36.4 Å². The lowest BCUT2D eigenvalue weighted by Gasteiger charge is -1.92. The molecule has 0 atom stereocenters. The van der Waals surface area contributed by atoms with E-state index in [2.05, 4.69) is 0 Å². The molecule has 0 aliphatic carbocycles. The van der Waals surface area contributed by atoms with Crippen LogP contribution in [-0.2, 0) is 4.79 Å². The summed E-state index contributed by atoms with van der Waals surface area (Å²) in [5, 5.41) is 0. The third kappa shape index (κ3) is 2.00. The van der Waals surface area contributed by atoms with Crippen molar-refractivity contribution in [2.45, 2.75) is 0 Å². The molecule has 0 saturated carbocycles. The summed E-state index contributed by atoms with van der Waals surface area (Å²) in [6.45, 7) is 0. The maximum atomic E-state index is 12.7. The molecular weight excluding hydrogens is 143 g/mol. The van der Waals surface area contributed by atoms with E-state index in [0.29, 0.717) is 5.56 Å². The average Bonchev–Trinajstić information content (AvgIpc) is 2.07. The first-order valence-corrected chi connectivity index (χ1v) is 3.13. The molecule has 0 heterocycles. The van der Waals surface area contributed by atoms with Crippen molar-refractivity contribution in [2.24, 2.45) is 0 Å². The third-order valence-corrected chi connectivity index (χ3v) is 1.24. The van der Waals surface area contributed by atoms with Crippen LogP contribution in [0.1, 0.15) is 5.56 Å². The third-order valence-electron chi connectivity index (χ3n) is 1.24. The van der Waals surface area contributed by atoms with Gasteiger partial charge in [-0.1, -0.05) is 30.3 Å². The van der Waals surface area contributed by atoms with Crippen LogP contribution in [0.3, 0.4) is 0 Å². The van der Waals surface area contributed by atoms with E-state index in [9.17, 15) is 9.18 Å². The maximum absolute atomic E-state index is 12.7. The van der Waals surface area contributed by atoms with Crippen molar-refractivity contribution in [3.8, 4) is 0 Å². The number of rotatable bonds is 2. The molecule has 0 bridgehead atoms. The van der Waals surface area contributed by atoms with E-state index in [1.165, 1.54) is 6.29 Å². The van der Waals surface area contributed by atoms with Gasteiger partial charge in [-0.15, -0.1) is 0 Å². The Morgan fingerprint density at radius 3 is 2.55 bits per heavy atom. The van der Waals surface area contributed by atoms with Crippen LogP contribution in [0.25, 0.3) is 5.83 Å². The van der Waals surface area contributed by atoms with Gasteiger partial charge in [-0.25, -0.2) is 4.39 Å². The molecule has 1 aromatic carbocycles. The van der Waals surface area contributed by atoms with E-state index in [1.807, 2.05) is 0 Å². The Morgan fingerprint density at radius 1 is 1.36 bits per heavy atom. The Labute approximate surface area is 64.2 Å². The second-order valence-electron chi connectivity index (χ2n) is 1.98. The highest BCUT2D eigenvalue weighted by molar-refractivity contribution is 5.78. The van der Waals surface area contributed by atoms with E-state index in [-0.39, 0.29) is 0 Å². The summed E-state index contributed by atoms with van der Waals surface area (Å²) in [5.41, 5.74) is 0.399. The molecule has 1 nitrogen and oxygen atoms in total. The van der Waals surface area contributed by atoms with Crippen molar-refractivity contribution < 1.29 is 9.18 Å². The Morgan fingerprint density at radius 2 is 2.00 bits per heavy atom. The Bertz CT molecular complexity index is 264. The molecule has 2 heteroatoms. The molecule has 0 aliphatic heterocycles. The van der Waals surface area contributed by atoms with Gasteiger partial charge in [0.2, 0.25) is 6.29 Å². The lowest BCUT2D eigenvalue weighted by molar-refractivity contribution is 0.564. The number of benzene rings is 1. The normalized spacial score (nSPS) is 11.2. The van der Waals surface area contributed by atoms with Crippen LogP contribution in [0.2, 0.25) is 0 Å². The molecule has 0 spiro atoms. The number of hydrogen-bond donors (Lipinski definition) is 0. The molecule has 0 N–H and O–H groups in total. The summed E-state index contributed by atoms with van der Waals surface area (Å²) >= 11 is 0. The summed E-state index contributed by atoms with van der Waals surface area (Å²) in [4.78, 5) is 9.75. The van der Waals surface area contributed by atoms with Crippen LogP contribution in [0, 0.1) is 0 Å². The van der Waals surface area contributed by atoms with E-state index in [0.717, 1.165) is 6.08 Å². The van der Waals surface area contributed by atoms with Gasteiger partial charge in [0.15, 0.2) is 0 Å². The minimum atomic E-state index is -0.555. The van der Waals surface area contributed by atoms with Crippen LogP contribution in [0.4, 0.5) is 4.39 Å². The smallest absolute Gasteiger partial charge is 0.228 e. The molecule has 1 radical (unpaired) electrons. The molecule has 0 aliphatic rings. The van der Waals surface area contributed by atoms with Crippen molar-refractivity contribution in [1.82, 2.24) is 0 Å². The first-order valence-electron chi connectivity index (χ1n) is 3.13. The summed E-state index contributed by atoms with van der Waals surface area (Å²) in [7, 11) is 0. The lowest BCUT2D eigenvalue weighted by atomic mass is 10.2. The fraction of sp³-hybridized carbons (Fsp3) is 0. The predicted molar refractivity (Wildman–Crippen MR) is 41.2 cm³/mol. The zero-order chi connectivity index (χ0) is 8.10. The fourth-order valence-corrected chi connectivity index (χ4v) is 0.732. The van der Waals surface area contributed by atoms with Gasteiger partial charge in [0.05, 0.1) is 0 Å². The van der Waals surface area contributed by atoms with Crippen LogP contribution in [-0.4, -0.2) is 6.29 Å². The van der Waals surface area contributed by atoms with Gasteiger partial charge in [0.25, 0.3) is 0 Å². The molecule has 55 valence electrons. The topological polar surface area (TPSA) is 17.1 Å². The lowest BCUT2D eigenvalue weighted by Crippen LogP contribution is -1.76. The molecule has 0 saturated heterocycles. The zero-order valence-electron chi connectivity index (χ0n) is 5.75. The van der Waals surface area contributed by atoms with Gasteiger partial charge in [0, 0.05) is 11.6 Å². The summed E-state index contributed by atoms with van der Waals surface area (Å²) in [6.07, 6.45) is 2.15. The zero-order valence-corrected chi connectivity index (χ0v) is 5.75. The maximum Gasteiger partial charge on any atom is 0.228 e. The first-order chi connectivity index (χ1) is 5.34. The van der Waals surface area contributed by atoms with E-state index in [1.54, 1.807) is 30.3 Å². The Balaban J connectivity index is 2.94. The molecule has 0 aromatic heterocycles. The second-order valence-corrected chi connectivity index (χ2v) is 1.98. The van der Waals surface area contributed by atoms with Crippen LogP contribution < -0.4 is 0 Å². The molecule has 11 heavy (non-hydrogen) atoms. The largest absolute Gasteiger partial charge is 0.285 e. The molecule has 0 fully saturated rings. The van der Waals surface area contributed by atoms with Crippen LogP contribution in [0.5, 0.6) is 0 Å². The van der Waals surface area contributed by atoms with Gasteiger partial charge in [-0.05, 0) is 0 Å². The van der Waals surface area contributed by atoms with Crippen molar-refractivity contribution in [3.63, 3.8) is 0 Å². The van der Waals surface area contributed by atoms with Gasteiger partial charge in [-0.2, -0.15) is 0 Å². The van der Waals surface area contributed by atoms with Gasteiger partial charge in [-0.3, -0.25) is 4.79 Å². The average molecular weight is 149 g/mol. The highest BCUT2D eigenvalue weighted by Crippen LogP contribution is 2.13. The SMILES string of the molecule is O=[C]C=C(F)c1ccccc1.